The van der Waals surface area contributed by atoms with Gasteiger partial charge in [-0.3, -0.25) is 0 Å². The van der Waals surface area contributed by atoms with Crippen LogP contribution in [0.1, 0.15) is 25.1 Å². The molecule has 1 atom stereocenters. The van der Waals surface area contributed by atoms with Gasteiger partial charge in [0.25, 0.3) is 0 Å². The second-order valence-corrected chi connectivity index (χ2v) is 4.21. The van der Waals surface area contributed by atoms with E-state index in [1.165, 1.54) is 0 Å². The van der Waals surface area contributed by atoms with Crippen LogP contribution in [0.25, 0.3) is 0 Å². The van der Waals surface area contributed by atoms with Gasteiger partial charge in [0.15, 0.2) is 0 Å². The molecule has 0 aliphatic rings. The Kier molecular flexibility index (Phi) is 5.01. The lowest BCUT2D eigenvalue weighted by atomic mass is 10.3. The SMILES string of the molecule is COCC(C)n1cc(C)nc1NCCC(F)(F)F. The number of nitrogens with one attached hydrogen (secondary N) is 1. The molecule has 0 aromatic carbocycles. The Bertz CT molecular complexity index is 376. The van der Waals surface area contributed by atoms with Gasteiger partial charge in [0, 0.05) is 19.9 Å². The molecule has 0 radical (unpaired) electrons. The molecular formula is C11H18F3N3O. The van der Waals surface area contributed by atoms with Gasteiger partial charge in [-0.05, 0) is 13.8 Å². The van der Waals surface area contributed by atoms with Crippen LogP contribution in [0.4, 0.5) is 19.1 Å². The molecule has 4 nitrogen and oxygen atoms in total. The lowest BCUT2D eigenvalue weighted by Crippen LogP contribution is -2.18. The highest BCUT2D eigenvalue weighted by molar-refractivity contribution is 5.29. The predicted molar refractivity (Wildman–Crippen MR) is 62.7 cm³/mol. The summed E-state index contributed by atoms with van der Waals surface area (Å²) in [6.45, 7) is 4.01. The van der Waals surface area contributed by atoms with Crippen LogP contribution in [-0.4, -0.2) is 36.0 Å². The summed E-state index contributed by atoms with van der Waals surface area (Å²) in [6, 6.07) is 0.0181. The van der Waals surface area contributed by atoms with Gasteiger partial charge in [-0.2, -0.15) is 13.2 Å². The first-order valence-electron chi connectivity index (χ1n) is 5.68. The normalized spacial score (nSPS) is 13.7. The second kappa shape index (κ2) is 6.08. The Hall–Kier alpha value is -1.24. The molecular weight excluding hydrogens is 247 g/mol. The quantitative estimate of drug-likeness (QED) is 0.859. The van der Waals surface area contributed by atoms with Crippen molar-refractivity contribution in [2.45, 2.75) is 32.5 Å². The van der Waals surface area contributed by atoms with Crippen LogP contribution in [0.2, 0.25) is 0 Å². The molecule has 0 fully saturated rings. The largest absolute Gasteiger partial charge is 0.390 e. The van der Waals surface area contributed by atoms with Crippen molar-refractivity contribution in [1.82, 2.24) is 9.55 Å². The topological polar surface area (TPSA) is 39.1 Å². The van der Waals surface area contributed by atoms with E-state index in [0.717, 1.165) is 5.69 Å². The number of halogens is 3. The van der Waals surface area contributed by atoms with Crippen LogP contribution >= 0.6 is 0 Å². The second-order valence-electron chi connectivity index (χ2n) is 4.21. The molecule has 104 valence electrons. The smallest absolute Gasteiger partial charge is 0.383 e. The van der Waals surface area contributed by atoms with Crippen LogP contribution < -0.4 is 5.32 Å². The summed E-state index contributed by atoms with van der Waals surface area (Å²) in [5.41, 5.74) is 0.757. The van der Waals surface area contributed by atoms with Crippen LogP contribution in [0.3, 0.4) is 0 Å². The summed E-state index contributed by atoms with van der Waals surface area (Å²) in [4.78, 5) is 4.16. The minimum atomic E-state index is -4.16. The molecule has 1 aromatic heterocycles. The van der Waals surface area contributed by atoms with E-state index in [9.17, 15) is 13.2 Å². The zero-order chi connectivity index (χ0) is 13.8. The predicted octanol–water partition coefficient (Wildman–Crippen LogP) is 2.76. The molecule has 1 heterocycles. The molecule has 7 heteroatoms. The summed E-state index contributed by atoms with van der Waals surface area (Å²) in [6.07, 6.45) is -3.24. The van der Waals surface area contributed by atoms with Crippen LogP contribution in [0.5, 0.6) is 0 Å². The third kappa shape index (κ3) is 4.56. The van der Waals surface area contributed by atoms with Crippen molar-refractivity contribution in [1.29, 1.82) is 0 Å². The van der Waals surface area contributed by atoms with Crippen LogP contribution in [0, 0.1) is 6.92 Å². The van der Waals surface area contributed by atoms with E-state index in [2.05, 4.69) is 10.3 Å². The monoisotopic (exact) mass is 265 g/mol. The summed E-state index contributed by atoms with van der Waals surface area (Å²) < 4.78 is 43.0. The lowest BCUT2D eigenvalue weighted by Gasteiger charge is -2.16. The third-order valence-corrected chi connectivity index (χ3v) is 2.43. The fourth-order valence-electron chi connectivity index (χ4n) is 1.62. The standard InChI is InChI=1S/C11H18F3N3O/c1-8-6-17(9(2)7-18-3)10(16-8)15-5-4-11(12,13)14/h6,9H,4-5,7H2,1-3H3,(H,15,16). The molecule has 0 aliphatic heterocycles. The van der Waals surface area contributed by atoms with Gasteiger partial charge in [0.1, 0.15) is 0 Å². The average Bonchev–Trinajstić information content (AvgIpc) is 2.58. The Labute approximate surface area is 104 Å². The number of methoxy groups -OCH3 is 1. The number of ether oxygens (including phenoxy) is 1. The highest BCUT2D eigenvalue weighted by atomic mass is 19.4. The number of aromatic nitrogens is 2. The van der Waals surface area contributed by atoms with E-state index < -0.39 is 12.6 Å². The fraction of sp³-hybridized carbons (Fsp3) is 0.727. The van der Waals surface area contributed by atoms with Crippen molar-refractivity contribution in [2.75, 3.05) is 25.6 Å². The van der Waals surface area contributed by atoms with Crippen molar-refractivity contribution >= 4 is 5.95 Å². The van der Waals surface area contributed by atoms with Crippen LogP contribution in [0.15, 0.2) is 6.20 Å². The summed E-state index contributed by atoms with van der Waals surface area (Å²) in [7, 11) is 1.58. The Balaban J connectivity index is 2.64. The molecule has 18 heavy (non-hydrogen) atoms. The highest BCUT2D eigenvalue weighted by Crippen LogP contribution is 2.20. The van der Waals surface area contributed by atoms with E-state index in [0.29, 0.717) is 12.6 Å². The van der Waals surface area contributed by atoms with Gasteiger partial charge in [-0.25, -0.2) is 4.98 Å². The molecule has 0 amide bonds. The van der Waals surface area contributed by atoms with Crippen LogP contribution in [-0.2, 0) is 4.74 Å². The first-order valence-corrected chi connectivity index (χ1v) is 5.68. The number of aryl methyl sites for hydroxylation is 1. The average molecular weight is 265 g/mol. The van der Waals surface area contributed by atoms with Crippen molar-refractivity contribution in [3.63, 3.8) is 0 Å². The van der Waals surface area contributed by atoms with E-state index in [-0.39, 0.29) is 12.6 Å². The number of hydrogen-bond acceptors (Lipinski definition) is 3. The zero-order valence-corrected chi connectivity index (χ0v) is 10.7. The third-order valence-electron chi connectivity index (χ3n) is 2.43. The van der Waals surface area contributed by atoms with Gasteiger partial charge < -0.3 is 14.6 Å². The minimum Gasteiger partial charge on any atom is -0.383 e. The lowest BCUT2D eigenvalue weighted by molar-refractivity contribution is -0.131. The van der Waals surface area contributed by atoms with Gasteiger partial charge in [-0.15, -0.1) is 0 Å². The zero-order valence-electron chi connectivity index (χ0n) is 10.7. The molecule has 1 unspecified atom stereocenters. The van der Waals surface area contributed by atoms with Crippen molar-refractivity contribution in [2.24, 2.45) is 0 Å². The number of nitrogens with zero attached hydrogens (tertiary/aromatic N) is 2. The molecule has 0 saturated heterocycles. The summed E-state index contributed by atoms with van der Waals surface area (Å²) >= 11 is 0. The molecule has 0 saturated carbocycles. The Morgan fingerprint density at radius 3 is 2.72 bits per heavy atom. The Morgan fingerprint density at radius 2 is 2.17 bits per heavy atom. The molecule has 1 N–H and O–H groups in total. The molecule has 1 aromatic rings. The van der Waals surface area contributed by atoms with Crippen molar-refractivity contribution in [3.8, 4) is 0 Å². The number of rotatable bonds is 6. The first kappa shape index (κ1) is 14.8. The number of imidazole rings is 1. The first-order chi connectivity index (χ1) is 8.33. The number of hydrogen-bond donors (Lipinski definition) is 1. The maximum absolute atomic E-state index is 12.1. The van der Waals surface area contributed by atoms with E-state index >= 15 is 0 Å². The minimum absolute atomic E-state index is 0.0181. The number of anilines is 1. The highest BCUT2D eigenvalue weighted by Gasteiger charge is 2.26. The van der Waals surface area contributed by atoms with E-state index in [4.69, 9.17) is 4.74 Å². The maximum atomic E-state index is 12.1. The maximum Gasteiger partial charge on any atom is 0.390 e. The molecule has 0 bridgehead atoms. The van der Waals surface area contributed by atoms with Crippen molar-refractivity contribution in [3.05, 3.63) is 11.9 Å². The van der Waals surface area contributed by atoms with E-state index in [1.54, 1.807) is 24.8 Å². The summed E-state index contributed by atoms with van der Waals surface area (Å²) in [5.74, 6) is 0.446. The Morgan fingerprint density at radius 1 is 1.50 bits per heavy atom. The van der Waals surface area contributed by atoms with Gasteiger partial charge in [0.2, 0.25) is 5.95 Å². The van der Waals surface area contributed by atoms with E-state index in [1.807, 2.05) is 6.92 Å². The fourth-order valence-corrected chi connectivity index (χ4v) is 1.62. The van der Waals surface area contributed by atoms with Gasteiger partial charge in [0.05, 0.1) is 24.8 Å². The number of alkyl halides is 3. The molecule has 0 spiro atoms. The molecule has 1 rings (SSSR count). The molecule has 0 aliphatic carbocycles. The van der Waals surface area contributed by atoms with Gasteiger partial charge >= 0.3 is 6.18 Å². The van der Waals surface area contributed by atoms with Crippen molar-refractivity contribution < 1.29 is 17.9 Å². The summed E-state index contributed by atoms with van der Waals surface area (Å²) in [5, 5.41) is 2.71. The van der Waals surface area contributed by atoms with Gasteiger partial charge in [-0.1, -0.05) is 0 Å².